The Morgan fingerprint density at radius 2 is 2.00 bits per heavy atom. The number of aromatic nitrogens is 2. The smallest absolute Gasteiger partial charge is 0.251 e. The predicted molar refractivity (Wildman–Crippen MR) is 95.9 cm³/mol. The van der Waals surface area contributed by atoms with E-state index in [1.807, 2.05) is 54.3 Å². The molecule has 3 rings (SSSR count). The number of ether oxygens (including phenoxy) is 1. The molecule has 132 valence electrons. The second-order valence-corrected chi connectivity index (χ2v) is 6.29. The minimum atomic E-state index is -0.426. The number of rotatable bonds is 6. The molecule has 1 saturated heterocycles. The van der Waals surface area contributed by atoms with Crippen LogP contribution in [-0.2, 0) is 16.1 Å². The summed E-state index contributed by atoms with van der Waals surface area (Å²) >= 11 is 0. The molecule has 6 nitrogen and oxygen atoms in total. The Morgan fingerprint density at radius 1 is 1.24 bits per heavy atom. The largest absolute Gasteiger partial charge is 0.366 e. The van der Waals surface area contributed by atoms with Crippen molar-refractivity contribution in [1.82, 2.24) is 15.1 Å². The third-order valence-electron chi connectivity index (χ3n) is 4.42. The summed E-state index contributed by atoms with van der Waals surface area (Å²) in [5, 5.41) is 11.3. The van der Waals surface area contributed by atoms with Gasteiger partial charge in [-0.25, -0.2) is 0 Å². The highest BCUT2D eigenvalue weighted by Gasteiger charge is 2.26. The van der Waals surface area contributed by atoms with Crippen molar-refractivity contribution < 1.29 is 9.53 Å². The summed E-state index contributed by atoms with van der Waals surface area (Å²) in [6.07, 6.45) is 3.02. The molecule has 0 saturated carbocycles. The van der Waals surface area contributed by atoms with Crippen LogP contribution < -0.4 is 5.32 Å². The van der Waals surface area contributed by atoms with Gasteiger partial charge in [-0.15, -0.1) is 5.10 Å². The molecule has 0 bridgehead atoms. The number of nitrogens with zero attached hydrogens (tertiary/aromatic N) is 3. The first-order chi connectivity index (χ1) is 12.2. The van der Waals surface area contributed by atoms with E-state index >= 15 is 0 Å². The monoisotopic (exact) mass is 340 g/mol. The zero-order chi connectivity index (χ0) is 17.5. The van der Waals surface area contributed by atoms with Crippen molar-refractivity contribution in [3.05, 3.63) is 54.2 Å². The molecule has 0 aliphatic carbocycles. The number of carbonyl (C=O) groups excluding carboxylic acids is 1. The Hall–Kier alpha value is -2.47. The predicted octanol–water partition coefficient (Wildman–Crippen LogP) is 2.48. The molecule has 1 aromatic carbocycles. The van der Waals surface area contributed by atoms with Crippen LogP contribution in [0.1, 0.15) is 25.3 Å². The van der Waals surface area contributed by atoms with Gasteiger partial charge in [0.1, 0.15) is 11.9 Å². The fourth-order valence-corrected chi connectivity index (χ4v) is 2.96. The fourth-order valence-electron chi connectivity index (χ4n) is 2.96. The highest BCUT2D eigenvalue weighted by molar-refractivity contribution is 5.80. The first kappa shape index (κ1) is 17.4. The van der Waals surface area contributed by atoms with Gasteiger partial charge in [0.15, 0.2) is 0 Å². The minimum absolute atomic E-state index is 0.0638. The number of amides is 1. The maximum atomic E-state index is 12.5. The molecule has 1 unspecified atom stereocenters. The Morgan fingerprint density at radius 3 is 2.68 bits per heavy atom. The SMILES string of the molecule is CC(OCc1ccccc1)C(=O)N1CCC(Nc2cccnn2)CC1. The van der Waals surface area contributed by atoms with Crippen LogP contribution >= 0.6 is 0 Å². The first-order valence-electron chi connectivity index (χ1n) is 8.71. The topological polar surface area (TPSA) is 67.3 Å². The summed E-state index contributed by atoms with van der Waals surface area (Å²) in [7, 11) is 0. The summed E-state index contributed by atoms with van der Waals surface area (Å²) in [6, 6.07) is 14.0. The van der Waals surface area contributed by atoms with Gasteiger partial charge in [-0.05, 0) is 37.5 Å². The van der Waals surface area contributed by atoms with Crippen molar-refractivity contribution in [3.8, 4) is 0 Å². The standard InChI is InChI=1S/C19H24N4O2/c1-15(25-14-16-6-3-2-4-7-16)19(24)23-12-9-17(10-13-23)21-18-8-5-11-20-22-18/h2-8,11,15,17H,9-10,12-14H2,1H3,(H,21,22). The average molecular weight is 340 g/mol. The number of benzene rings is 1. The van der Waals surface area contributed by atoms with Crippen LogP contribution in [-0.4, -0.2) is 46.2 Å². The van der Waals surface area contributed by atoms with Crippen LogP contribution in [0.3, 0.4) is 0 Å². The zero-order valence-electron chi connectivity index (χ0n) is 14.5. The van der Waals surface area contributed by atoms with Crippen LogP contribution in [0, 0.1) is 0 Å². The summed E-state index contributed by atoms with van der Waals surface area (Å²) < 4.78 is 5.74. The second-order valence-electron chi connectivity index (χ2n) is 6.29. The van der Waals surface area contributed by atoms with E-state index in [0.29, 0.717) is 12.6 Å². The first-order valence-corrected chi connectivity index (χ1v) is 8.71. The molecule has 1 aliphatic heterocycles. The molecule has 1 amide bonds. The molecule has 2 aromatic rings. The van der Waals surface area contributed by atoms with Crippen molar-refractivity contribution in [2.75, 3.05) is 18.4 Å². The van der Waals surface area contributed by atoms with E-state index in [4.69, 9.17) is 4.74 Å². The van der Waals surface area contributed by atoms with E-state index in [9.17, 15) is 4.79 Å². The highest BCUT2D eigenvalue weighted by Crippen LogP contribution is 2.16. The van der Waals surface area contributed by atoms with Gasteiger partial charge >= 0.3 is 0 Å². The van der Waals surface area contributed by atoms with Crippen molar-refractivity contribution >= 4 is 11.7 Å². The number of nitrogens with one attached hydrogen (secondary N) is 1. The Kier molecular flexibility index (Phi) is 5.95. The number of likely N-dealkylation sites (tertiary alicyclic amines) is 1. The molecule has 0 radical (unpaired) electrons. The molecule has 2 heterocycles. The van der Waals surface area contributed by atoms with Gasteiger partial charge in [-0.1, -0.05) is 30.3 Å². The number of carbonyl (C=O) groups is 1. The van der Waals surface area contributed by atoms with E-state index in [0.717, 1.165) is 37.3 Å². The molecule has 1 fully saturated rings. The van der Waals surface area contributed by atoms with Gasteiger partial charge in [0, 0.05) is 25.3 Å². The molecule has 0 spiro atoms. The van der Waals surface area contributed by atoms with Gasteiger partial charge in [0.2, 0.25) is 0 Å². The van der Waals surface area contributed by atoms with Crippen LogP contribution in [0.5, 0.6) is 0 Å². The van der Waals surface area contributed by atoms with E-state index in [-0.39, 0.29) is 5.91 Å². The van der Waals surface area contributed by atoms with E-state index < -0.39 is 6.10 Å². The van der Waals surface area contributed by atoms with Gasteiger partial charge in [0.05, 0.1) is 6.61 Å². The van der Waals surface area contributed by atoms with Crippen LogP contribution in [0.4, 0.5) is 5.82 Å². The Bertz CT molecular complexity index is 658. The van der Waals surface area contributed by atoms with E-state index in [1.54, 1.807) is 6.20 Å². The number of hydrogen-bond donors (Lipinski definition) is 1. The van der Waals surface area contributed by atoms with Crippen LogP contribution in [0.2, 0.25) is 0 Å². The lowest BCUT2D eigenvalue weighted by Crippen LogP contribution is -2.46. The van der Waals surface area contributed by atoms with Crippen molar-refractivity contribution in [2.45, 2.75) is 38.5 Å². The summed E-state index contributed by atoms with van der Waals surface area (Å²) in [6.45, 7) is 3.75. The van der Waals surface area contributed by atoms with Crippen molar-refractivity contribution in [3.63, 3.8) is 0 Å². The maximum Gasteiger partial charge on any atom is 0.251 e. The average Bonchev–Trinajstić information content (AvgIpc) is 2.68. The Balaban J connectivity index is 1.43. The molecule has 1 aliphatic rings. The molecule has 1 aromatic heterocycles. The number of hydrogen-bond acceptors (Lipinski definition) is 5. The molecule has 1 N–H and O–H groups in total. The maximum absolute atomic E-state index is 12.5. The fraction of sp³-hybridized carbons (Fsp3) is 0.421. The normalized spacial score (nSPS) is 16.4. The lowest BCUT2D eigenvalue weighted by Gasteiger charge is -2.34. The summed E-state index contributed by atoms with van der Waals surface area (Å²) in [5.74, 6) is 0.848. The third kappa shape index (κ3) is 5.00. The molecular weight excluding hydrogens is 316 g/mol. The molecular formula is C19H24N4O2. The highest BCUT2D eigenvalue weighted by atomic mass is 16.5. The van der Waals surface area contributed by atoms with Crippen molar-refractivity contribution in [1.29, 1.82) is 0 Å². The van der Waals surface area contributed by atoms with Crippen LogP contribution in [0.15, 0.2) is 48.7 Å². The third-order valence-corrected chi connectivity index (χ3v) is 4.42. The van der Waals surface area contributed by atoms with Crippen LogP contribution in [0.25, 0.3) is 0 Å². The minimum Gasteiger partial charge on any atom is -0.366 e. The van der Waals surface area contributed by atoms with Gasteiger partial charge in [-0.3, -0.25) is 4.79 Å². The van der Waals surface area contributed by atoms with Gasteiger partial charge in [0.25, 0.3) is 5.91 Å². The lowest BCUT2D eigenvalue weighted by atomic mass is 10.0. The number of piperidine rings is 1. The lowest BCUT2D eigenvalue weighted by molar-refractivity contribution is -0.144. The summed E-state index contributed by atoms with van der Waals surface area (Å²) in [5.41, 5.74) is 1.08. The van der Waals surface area contributed by atoms with E-state index in [2.05, 4.69) is 15.5 Å². The number of anilines is 1. The molecule has 25 heavy (non-hydrogen) atoms. The second kappa shape index (κ2) is 8.58. The summed E-state index contributed by atoms with van der Waals surface area (Å²) in [4.78, 5) is 14.4. The molecule has 1 atom stereocenters. The quantitative estimate of drug-likeness (QED) is 0.875. The van der Waals surface area contributed by atoms with Crippen molar-refractivity contribution in [2.24, 2.45) is 0 Å². The van der Waals surface area contributed by atoms with E-state index in [1.165, 1.54) is 0 Å². The Labute approximate surface area is 148 Å². The zero-order valence-corrected chi connectivity index (χ0v) is 14.5. The van der Waals surface area contributed by atoms with Gasteiger partial charge in [-0.2, -0.15) is 5.10 Å². The van der Waals surface area contributed by atoms with Gasteiger partial charge < -0.3 is 15.0 Å². The molecule has 6 heteroatoms.